The fraction of sp³-hybridized carbons (Fsp3) is 0.632. The molecule has 3 unspecified atom stereocenters. The monoisotopic (exact) mass is 314 g/mol. The molecule has 0 amide bonds. The van der Waals surface area contributed by atoms with E-state index in [-0.39, 0.29) is 35.5 Å². The topological polar surface area (TPSA) is 35.5 Å². The van der Waals surface area contributed by atoms with Crippen LogP contribution in [0.2, 0.25) is 5.82 Å². The van der Waals surface area contributed by atoms with Crippen LogP contribution in [0, 0.1) is 5.92 Å². The molecule has 1 aromatic carbocycles. The Bertz CT molecular complexity index is 594. The number of Topliss-reactive ketones (excluding diaryl/α,β-unsaturated/α-hetero) is 1. The lowest BCUT2D eigenvalue weighted by Gasteiger charge is -2.51. The quantitative estimate of drug-likeness (QED) is 0.791. The summed E-state index contributed by atoms with van der Waals surface area (Å²) < 4.78 is 12.6. The van der Waals surface area contributed by atoms with Gasteiger partial charge in [-0.1, -0.05) is 44.2 Å². The normalized spacial score (nSPS) is 33.4. The molecule has 4 heteroatoms. The lowest BCUT2D eigenvalue weighted by Crippen LogP contribution is -2.56. The first-order chi connectivity index (χ1) is 10.6. The molecule has 1 saturated carbocycles. The van der Waals surface area contributed by atoms with E-state index in [1.807, 2.05) is 25.1 Å². The van der Waals surface area contributed by atoms with Crippen molar-refractivity contribution in [1.82, 2.24) is 0 Å². The van der Waals surface area contributed by atoms with Crippen molar-refractivity contribution >= 4 is 12.9 Å². The fourth-order valence-electron chi connectivity index (χ4n) is 4.00. The first kappa shape index (κ1) is 16.7. The highest BCUT2D eigenvalue weighted by Gasteiger charge is 2.63. The predicted octanol–water partition coefficient (Wildman–Crippen LogP) is 4.02. The molecule has 124 valence electrons. The van der Waals surface area contributed by atoms with Crippen LogP contribution in [0.3, 0.4) is 0 Å². The van der Waals surface area contributed by atoms with Crippen LogP contribution in [0.25, 0.3) is 0 Å². The molecule has 0 spiro atoms. The largest absolute Gasteiger partial charge is 0.461 e. The van der Waals surface area contributed by atoms with Crippen LogP contribution in [0.15, 0.2) is 30.3 Å². The summed E-state index contributed by atoms with van der Waals surface area (Å²) in [5, 5.41) is 0. The molecule has 0 radical (unpaired) electrons. The summed E-state index contributed by atoms with van der Waals surface area (Å²) >= 11 is 0. The Morgan fingerprint density at radius 1 is 1.09 bits per heavy atom. The lowest BCUT2D eigenvalue weighted by atomic mass is 9.43. The van der Waals surface area contributed by atoms with Gasteiger partial charge in [0, 0.05) is 23.6 Å². The number of hydrogen-bond acceptors (Lipinski definition) is 3. The maximum atomic E-state index is 12.1. The van der Waals surface area contributed by atoms with Crippen molar-refractivity contribution in [3.8, 4) is 0 Å². The van der Waals surface area contributed by atoms with Gasteiger partial charge in [0.2, 0.25) is 0 Å². The van der Waals surface area contributed by atoms with Gasteiger partial charge < -0.3 is 9.31 Å². The van der Waals surface area contributed by atoms with Crippen LogP contribution >= 0.6 is 0 Å². The van der Waals surface area contributed by atoms with Gasteiger partial charge in [0.15, 0.2) is 0 Å². The van der Waals surface area contributed by atoms with E-state index in [1.165, 1.54) is 5.56 Å². The summed E-state index contributed by atoms with van der Waals surface area (Å²) in [5.74, 6) is 0.440. The first-order valence-corrected chi connectivity index (χ1v) is 8.56. The molecule has 0 aromatic heterocycles. The van der Waals surface area contributed by atoms with E-state index in [4.69, 9.17) is 9.31 Å². The van der Waals surface area contributed by atoms with E-state index in [0.29, 0.717) is 12.2 Å². The zero-order valence-corrected chi connectivity index (χ0v) is 15.1. The number of hydrogen-bond donors (Lipinski definition) is 0. The first-order valence-electron chi connectivity index (χ1n) is 8.56. The van der Waals surface area contributed by atoms with Gasteiger partial charge in [0.25, 0.3) is 0 Å². The summed E-state index contributed by atoms with van der Waals surface area (Å²) in [5.41, 5.74) is 0.329. The maximum absolute atomic E-state index is 12.1. The van der Waals surface area contributed by atoms with Crippen LogP contribution in [-0.4, -0.2) is 24.1 Å². The average Bonchev–Trinajstić information content (AvgIpc) is 2.72. The third-order valence-electron chi connectivity index (χ3n) is 6.53. The summed E-state index contributed by atoms with van der Waals surface area (Å²) in [6.45, 7) is 12.5. The third kappa shape index (κ3) is 2.30. The Morgan fingerprint density at radius 2 is 1.61 bits per heavy atom. The molecule has 2 aliphatic rings. The molecule has 0 N–H and O–H groups in total. The molecular formula is C19H27BO3. The number of benzene rings is 1. The van der Waals surface area contributed by atoms with Crippen LogP contribution < -0.4 is 0 Å². The summed E-state index contributed by atoms with van der Waals surface area (Å²) in [6, 6.07) is 10.4. The highest BCUT2D eigenvalue weighted by atomic mass is 16.7. The second-order valence-corrected chi connectivity index (χ2v) is 8.18. The molecular weight excluding hydrogens is 287 g/mol. The molecule has 2 fully saturated rings. The molecule has 3 rings (SSSR count). The number of carbonyl (C=O) groups is 1. The van der Waals surface area contributed by atoms with Crippen molar-refractivity contribution < 1.29 is 14.1 Å². The van der Waals surface area contributed by atoms with Gasteiger partial charge >= 0.3 is 7.12 Å². The van der Waals surface area contributed by atoms with E-state index >= 15 is 0 Å². The third-order valence-corrected chi connectivity index (χ3v) is 6.53. The number of ketones is 1. The zero-order chi connectivity index (χ0) is 17.0. The van der Waals surface area contributed by atoms with Crippen LogP contribution in [0.1, 0.15) is 53.5 Å². The van der Waals surface area contributed by atoms with Crippen molar-refractivity contribution in [3.63, 3.8) is 0 Å². The van der Waals surface area contributed by atoms with Crippen molar-refractivity contribution in [2.24, 2.45) is 5.92 Å². The minimum absolute atomic E-state index is 0.000996. The molecule has 1 heterocycles. The molecule has 1 aliphatic heterocycles. The minimum Gasteiger partial charge on any atom is -0.403 e. The van der Waals surface area contributed by atoms with E-state index in [0.717, 1.165) is 0 Å². The van der Waals surface area contributed by atoms with Gasteiger partial charge in [0.05, 0.1) is 11.2 Å². The second kappa shape index (κ2) is 5.19. The fourth-order valence-corrected chi connectivity index (χ4v) is 4.00. The van der Waals surface area contributed by atoms with Crippen molar-refractivity contribution in [3.05, 3.63) is 35.9 Å². The molecule has 1 saturated heterocycles. The zero-order valence-electron chi connectivity index (χ0n) is 15.1. The van der Waals surface area contributed by atoms with E-state index in [1.54, 1.807) is 0 Å². The Morgan fingerprint density at radius 3 is 2.04 bits per heavy atom. The Balaban J connectivity index is 1.95. The summed E-state index contributed by atoms with van der Waals surface area (Å²) in [6.07, 6.45) is 0.573. The summed E-state index contributed by atoms with van der Waals surface area (Å²) in [4.78, 5) is 12.1. The van der Waals surface area contributed by atoms with Gasteiger partial charge in [0.1, 0.15) is 5.78 Å². The van der Waals surface area contributed by atoms with Crippen molar-refractivity contribution in [2.45, 2.75) is 70.4 Å². The van der Waals surface area contributed by atoms with Gasteiger partial charge in [-0.15, -0.1) is 0 Å². The Kier molecular flexibility index (Phi) is 3.77. The van der Waals surface area contributed by atoms with Gasteiger partial charge in [-0.05, 0) is 33.3 Å². The summed E-state index contributed by atoms with van der Waals surface area (Å²) in [7, 11) is -0.296. The molecule has 23 heavy (non-hydrogen) atoms. The molecule has 1 aliphatic carbocycles. The molecule has 3 nitrogen and oxygen atoms in total. The molecule has 3 atom stereocenters. The van der Waals surface area contributed by atoms with Gasteiger partial charge in [-0.3, -0.25) is 4.79 Å². The lowest BCUT2D eigenvalue weighted by molar-refractivity contribution is -0.136. The standard InChI is InChI=1S/C19H27BO3/c1-13-16(21)12-19(13,15-10-8-7-9-11-15)14(2)20-22-17(3,4)18(5,6)23-20/h7-11,13-14H,12H2,1-6H3. The Hall–Kier alpha value is -1.13. The number of carbonyl (C=O) groups excluding carboxylic acids is 1. The average molecular weight is 314 g/mol. The predicted molar refractivity (Wildman–Crippen MR) is 92.4 cm³/mol. The Labute approximate surface area is 139 Å². The highest BCUT2D eigenvalue weighted by Crippen LogP contribution is 2.57. The smallest absolute Gasteiger partial charge is 0.403 e. The second-order valence-electron chi connectivity index (χ2n) is 8.18. The van der Waals surface area contributed by atoms with Crippen molar-refractivity contribution in [1.29, 1.82) is 0 Å². The van der Waals surface area contributed by atoms with Crippen LogP contribution in [0.4, 0.5) is 0 Å². The highest BCUT2D eigenvalue weighted by molar-refractivity contribution is 6.48. The van der Waals surface area contributed by atoms with Crippen LogP contribution in [-0.2, 0) is 19.5 Å². The van der Waals surface area contributed by atoms with Crippen LogP contribution in [0.5, 0.6) is 0 Å². The molecule has 1 aromatic rings. The van der Waals surface area contributed by atoms with E-state index in [9.17, 15) is 4.79 Å². The number of rotatable bonds is 3. The molecule has 0 bridgehead atoms. The minimum atomic E-state index is -0.346. The van der Waals surface area contributed by atoms with E-state index < -0.39 is 0 Å². The van der Waals surface area contributed by atoms with E-state index in [2.05, 4.69) is 46.8 Å². The SMILES string of the molecule is CC(B1OC(C)(C)C(C)(C)O1)C1(c2ccccc2)CC(=O)C1C. The maximum Gasteiger partial charge on any atom is 0.461 e. The van der Waals surface area contributed by atoms with Gasteiger partial charge in [-0.25, -0.2) is 0 Å². The van der Waals surface area contributed by atoms with Crippen molar-refractivity contribution in [2.75, 3.05) is 0 Å². The van der Waals surface area contributed by atoms with Gasteiger partial charge in [-0.2, -0.15) is 0 Å².